The molecule has 0 saturated carbocycles. The Morgan fingerprint density at radius 3 is 2.73 bits per heavy atom. The molecule has 2 atom stereocenters. The van der Waals surface area contributed by atoms with Crippen LogP contribution in [0, 0.1) is 0 Å². The zero-order chi connectivity index (χ0) is 10.9. The first-order chi connectivity index (χ1) is 7.36. The molecule has 1 aliphatic rings. The molecule has 0 N–H and O–H groups in total. The first kappa shape index (κ1) is 13.2. The van der Waals surface area contributed by atoms with Crippen LogP contribution in [0.2, 0.25) is 12.1 Å². The van der Waals surface area contributed by atoms with Crippen LogP contribution in [-0.2, 0) is 13.9 Å². The van der Waals surface area contributed by atoms with E-state index in [2.05, 4.69) is 13.8 Å². The minimum Gasteiger partial charge on any atom is -0.420 e. The summed E-state index contributed by atoms with van der Waals surface area (Å²) in [7, 11) is -0.893. The molecule has 0 aromatic carbocycles. The fraction of sp³-hybridized carbons (Fsp3) is 1.00. The first-order valence-corrected chi connectivity index (χ1v) is 8.28. The maximum Gasteiger partial charge on any atom is 0.176 e. The largest absolute Gasteiger partial charge is 0.420 e. The zero-order valence-corrected chi connectivity index (χ0v) is 11.2. The van der Waals surface area contributed by atoms with E-state index in [0.29, 0.717) is 6.10 Å². The van der Waals surface area contributed by atoms with Gasteiger partial charge < -0.3 is 13.9 Å². The summed E-state index contributed by atoms with van der Waals surface area (Å²) < 4.78 is 16.4. The maximum absolute atomic E-state index is 5.84. The molecule has 3 nitrogen and oxygen atoms in total. The van der Waals surface area contributed by atoms with Crippen LogP contribution in [0.3, 0.4) is 0 Å². The van der Waals surface area contributed by atoms with Crippen LogP contribution in [-0.4, -0.2) is 41.6 Å². The normalized spacial score (nSPS) is 21.6. The average molecular weight is 232 g/mol. The van der Waals surface area contributed by atoms with Crippen LogP contribution in [0.15, 0.2) is 0 Å². The molecule has 0 spiro atoms. The average Bonchev–Trinajstić information content (AvgIpc) is 3.06. The molecule has 1 heterocycles. The molecule has 90 valence electrons. The van der Waals surface area contributed by atoms with E-state index in [9.17, 15) is 0 Å². The highest BCUT2D eigenvalue weighted by Gasteiger charge is 2.22. The lowest BCUT2D eigenvalue weighted by Crippen LogP contribution is -2.18. The van der Waals surface area contributed by atoms with Crippen LogP contribution in [0.25, 0.3) is 0 Å². The summed E-state index contributed by atoms with van der Waals surface area (Å²) >= 11 is 0. The van der Waals surface area contributed by atoms with Gasteiger partial charge in [-0.05, 0) is 24.9 Å². The van der Waals surface area contributed by atoms with Crippen LogP contribution in [0.4, 0.5) is 0 Å². The highest BCUT2D eigenvalue weighted by atomic mass is 28.3. The third-order valence-electron chi connectivity index (χ3n) is 2.53. The van der Waals surface area contributed by atoms with E-state index in [4.69, 9.17) is 13.9 Å². The lowest BCUT2D eigenvalue weighted by molar-refractivity contribution is 0.116. The predicted octanol–water partition coefficient (Wildman–Crippen LogP) is 1.96. The third kappa shape index (κ3) is 7.06. The van der Waals surface area contributed by atoms with Gasteiger partial charge in [-0.1, -0.05) is 13.8 Å². The predicted molar refractivity (Wildman–Crippen MR) is 63.9 cm³/mol. The van der Waals surface area contributed by atoms with Crippen molar-refractivity contribution in [3.63, 3.8) is 0 Å². The minimum absolute atomic E-state index is 0.403. The molecule has 1 aliphatic heterocycles. The van der Waals surface area contributed by atoms with Gasteiger partial charge in [-0.15, -0.1) is 0 Å². The highest BCUT2D eigenvalue weighted by Crippen LogP contribution is 2.10. The molecule has 0 amide bonds. The Balaban J connectivity index is 1.86. The van der Waals surface area contributed by atoms with Crippen molar-refractivity contribution in [1.29, 1.82) is 0 Å². The van der Waals surface area contributed by atoms with Crippen molar-refractivity contribution in [2.45, 2.75) is 44.9 Å². The summed E-state index contributed by atoms with van der Waals surface area (Å²) in [5.41, 5.74) is 0. The molecule has 15 heavy (non-hydrogen) atoms. The Morgan fingerprint density at radius 1 is 1.33 bits per heavy atom. The molecule has 0 aromatic heterocycles. The smallest absolute Gasteiger partial charge is 0.176 e. The summed E-state index contributed by atoms with van der Waals surface area (Å²) in [6.45, 7) is 7.91. The van der Waals surface area contributed by atoms with E-state index < -0.39 is 9.04 Å². The van der Waals surface area contributed by atoms with Crippen molar-refractivity contribution in [2.75, 3.05) is 26.4 Å². The second kappa shape index (κ2) is 8.27. The van der Waals surface area contributed by atoms with Gasteiger partial charge in [0.25, 0.3) is 0 Å². The molecule has 1 saturated heterocycles. The van der Waals surface area contributed by atoms with Gasteiger partial charge in [0.05, 0.1) is 13.2 Å². The van der Waals surface area contributed by atoms with E-state index in [1.54, 1.807) is 0 Å². The minimum atomic E-state index is -0.893. The van der Waals surface area contributed by atoms with Gasteiger partial charge in [-0.2, -0.15) is 0 Å². The number of hydrogen-bond acceptors (Lipinski definition) is 3. The fourth-order valence-electron chi connectivity index (χ4n) is 1.48. The first-order valence-electron chi connectivity index (χ1n) is 6.17. The number of rotatable bonds is 10. The Hall–Kier alpha value is 0.0969. The Labute approximate surface area is 94.8 Å². The molecule has 0 aromatic rings. The molecule has 1 rings (SSSR count). The molecular formula is C11H24O3Si. The van der Waals surface area contributed by atoms with Crippen LogP contribution < -0.4 is 0 Å². The van der Waals surface area contributed by atoms with E-state index in [0.717, 1.165) is 39.3 Å². The van der Waals surface area contributed by atoms with Gasteiger partial charge in [0.1, 0.15) is 6.10 Å². The monoisotopic (exact) mass is 232 g/mol. The van der Waals surface area contributed by atoms with Gasteiger partial charge in [0.15, 0.2) is 9.04 Å². The van der Waals surface area contributed by atoms with Crippen molar-refractivity contribution >= 4 is 9.04 Å². The van der Waals surface area contributed by atoms with Gasteiger partial charge in [0.2, 0.25) is 0 Å². The standard InChI is InChI=1S/C11H24O3Si/c1-3-6-14-15(4-2)8-5-7-12-9-11-10-13-11/h11,15H,3-10H2,1-2H3. The van der Waals surface area contributed by atoms with Gasteiger partial charge >= 0.3 is 0 Å². The van der Waals surface area contributed by atoms with Crippen molar-refractivity contribution in [3.05, 3.63) is 0 Å². The summed E-state index contributed by atoms with van der Waals surface area (Å²) in [6, 6.07) is 2.49. The highest BCUT2D eigenvalue weighted by molar-refractivity contribution is 6.51. The summed E-state index contributed by atoms with van der Waals surface area (Å²) in [6.07, 6.45) is 2.70. The lowest BCUT2D eigenvalue weighted by Gasteiger charge is -2.13. The number of epoxide rings is 1. The third-order valence-corrected chi connectivity index (χ3v) is 5.20. The van der Waals surface area contributed by atoms with Gasteiger partial charge in [-0.3, -0.25) is 0 Å². The van der Waals surface area contributed by atoms with Gasteiger partial charge in [-0.25, -0.2) is 0 Å². The summed E-state index contributed by atoms with van der Waals surface area (Å²) in [5, 5.41) is 0. The van der Waals surface area contributed by atoms with Crippen LogP contribution >= 0.6 is 0 Å². The molecule has 4 heteroatoms. The van der Waals surface area contributed by atoms with Crippen molar-refractivity contribution in [2.24, 2.45) is 0 Å². The topological polar surface area (TPSA) is 31.0 Å². The fourth-order valence-corrected chi connectivity index (χ4v) is 3.48. The zero-order valence-electron chi connectivity index (χ0n) is 10.0. The molecule has 0 bridgehead atoms. The number of ether oxygens (including phenoxy) is 2. The van der Waals surface area contributed by atoms with E-state index in [-0.39, 0.29) is 0 Å². The Bertz CT molecular complexity index is 151. The molecule has 0 aliphatic carbocycles. The van der Waals surface area contributed by atoms with Crippen LogP contribution in [0.1, 0.15) is 26.7 Å². The molecule has 2 unspecified atom stereocenters. The maximum atomic E-state index is 5.84. The quantitative estimate of drug-likeness (QED) is 0.328. The van der Waals surface area contributed by atoms with Gasteiger partial charge in [0, 0.05) is 13.2 Å². The Kier molecular flexibility index (Phi) is 7.26. The van der Waals surface area contributed by atoms with Crippen molar-refractivity contribution < 1.29 is 13.9 Å². The molecule has 0 radical (unpaired) electrons. The number of hydrogen-bond donors (Lipinski definition) is 0. The summed E-state index contributed by atoms with van der Waals surface area (Å²) in [4.78, 5) is 0. The van der Waals surface area contributed by atoms with E-state index >= 15 is 0 Å². The SMILES string of the molecule is CCCO[SiH](CC)CCCOCC1CO1. The second-order valence-corrected chi connectivity index (χ2v) is 7.04. The molecular weight excluding hydrogens is 208 g/mol. The Morgan fingerprint density at radius 2 is 2.13 bits per heavy atom. The molecule has 1 fully saturated rings. The van der Waals surface area contributed by atoms with Crippen molar-refractivity contribution in [1.82, 2.24) is 0 Å². The van der Waals surface area contributed by atoms with E-state index in [1.165, 1.54) is 12.1 Å². The van der Waals surface area contributed by atoms with Crippen molar-refractivity contribution in [3.8, 4) is 0 Å². The van der Waals surface area contributed by atoms with Crippen LogP contribution in [0.5, 0.6) is 0 Å². The second-order valence-electron chi connectivity index (χ2n) is 4.07. The lowest BCUT2D eigenvalue weighted by atomic mass is 10.5. The van der Waals surface area contributed by atoms with E-state index in [1.807, 2.05) is 0 Å². The summed E-state index contributed by atoms with van der Waals surface area (Å²) in [5.74, 6) is 0.